The predicted molar refractivity (Wildman–Crippen MR) is 83.7 cm³/mol. The number of carbonyl (C=O) groups is 1. The van der Waals surface area contributed by atoms with E-state index in [1.54, 1.807) is 6.07 Å². The summed E-state index contributed by atoms with van der Waals surface area (Å²) < 4.78 is 10.8. The van der Waals surface area contributed by atoms with Gasteiger partial charge in [-0.15, -0.1) is 0 Å². The van der Waals surface area contributed by atoms with Gasteiger partial charge in [0.1, 0.15) is 0 Å². The lowest BCUT2D eigenvalue weighted by Crippen LogP contribution is -2.34. The van der Waals surface area contributed by atoms with Crippen molar-refractivity contribution in [1.29, 1.82) is 0 Å². The van der Waals surface area contributed by atoms with E-state index in [-0.39, 0.29) is 5.97 Å². The highest BCUT2D eigenvalue weighted by Gasteiger charge is 2.22. The van der Waals surface area contributed by atoms with Crippen LogP contribution in [-0.4, -0.2) is 31.3 Å². The van der Waals surface area contributed by atoms with E-state index >= 15 is 0 Å². The van der Waals surface area contributed by atoms with Gasteiger partial charge in [-0.2, -0.15) is 0 Å². The Morgan fingerprint density at radius 1 is 1.43 bits per heavy atom. The van der Waals surface area contributed by atoms with E-state index in [2.05, 4.69) is 12.2 Å². The molecular weight excluding hydrogens is 266 g/mol. The molecule has 0 amide bonds. The summed E-state index contributed by atoms with van der Waals surface area (Å²) >= 11 is 0. The molecule has 2 atom stereocenters. The minimum atomic E-state index is -0.267. The Morgan fingerprint density at radius 3 is 3.05 bits per heavy atom. The lowest BCUT2D eigenvalue weighted by atomic mass is 9.99. The molecule has 1 aromatic carbocycles. The fourth-order valence-electron chi connectivity index (χ4n) is 2.72. The van der Waals surface area contributed by atoms with Crippen molar-refractivity contribution in [2.75, 3.05) is 18.5 Å². The first-order valence-corrected chi connectivity index (χ1v) is 7.88. The summed E-state index contributed by atoms with van der Waals surface area (Å²) in [5, 5.41) is 3.52. The van der Waals surface area contributed by atoms with E-state index < -0.39 is 0 Å². The molecule has 0 saturated carbocycles. The first kappa shape index (κ1) is 15.8. The SMILES string of the molecule is CCCC1CC(Nc2cccc(C(=O)OCC)c2)CCO1. The molecule has 2 rings (SSSR count). The van der Waals surface area contributed by atoms with Crippen LogP contribution in [0.4, 0.5) is 5.69 Å². The number of anilines is 1. The van der Waals surface area contributed by atoms with Crippen LogP contribution < -0.4 is 5.32 Å². The third-order valence-electron chi connectivity index (χ3n) is 3.72. The molecule has 4 nitrogen and oxygen atoms in total. The monoisotopic (exact) mass is 291 g/mol. The van der Waals surface area contributed by atoms with Gasteiger partial charge in [-0.25, -0.2) is 4.79 Å². The number of hydrogen-bond donors (Lipinski definition) is 1. The number of ether oxygens (including phenoxy) is 2. The first-order valence-electron chi connectivity index (χ1n) is 7.88. The molecule has 1 N–H and O–H groups in total. The van der Waals surface area contributed by atoms with Crippen LogP contribution in [0.2, 0.25) is 0 Å². The minimum absolute atomic E-state index is 0.267. The molecule has 1 aromatic rings. The number of rotatable bonds is 6. The second-order valence-electron chi connectivity index (χ2n) is 5.45. The Bertz CT molecular complexity index is 459. The molecule has 21 heavy (non-hydrogen) atoms. The van der Waals surface area contributed by atoms with E-state index in [4.69, 9.17) is 9.47 Å². The average Bonchev–Trinajstić information content (AvgIpc) is 2.48. The highest BCUT2D eigenvalue weighted by atomic mass is 16.5. The number of nitrogens with one attached hydrogen (secondary N) is 1. The molecule has 0 aromatic heterocycles. The van der Waals surface area contributed by atoms with E-state index in [0.717, 1.165) is 38.0 Å². The van der Waals surface area contributed by atoms with Crippen molar-refractivity contribution < 1.29 is 14.3 Å². The predicted octanol–water partition coefficient (Wildman–Crippen LogP) is 3.62. The molecule has 1 aliphatic rings. The molecular formula is C17H25NO3. The van der Waals surface area contributed by atoms with Crippen LogP contribution in [0, 0.1) is 0 Å². The quantitative estimate of drug-likeness (QED) is 0.813. The van der Waals surface area contributed by atoms with Gasteiger partial charge >= 0.3 is 5.97 Å². The van der Waals surface area contributed by atoms with Gasteiger partial charge in [0.05, 0.1) is 18.3 Å². The summed E-state index contributed by atoms with van der Waals surface area (Å²) in [6, 6.07) is 7.94. The van der Waals surface area contributed by atoms with Gasteiger partial charge in [0.15, 0.2) is 0 Å². The molecule has 1 heterocycles. The highest BCUT2D eigenvalue weighted by molar-refractivity contribution is 5.90. The Hall–Kier alpha value is -1.55. The number of benzene rings is 1. The zero-order chi connectivity index (χ0) is 15.1. The first-order chi connectivity index (χ1) is 10.2. The molecule has 1 saturated heterocycles. The zero-order valence-electron chi connectivity index (χ0n) is 12.9. The lowest BCUT2D eigenvalue weighted by molar-refractivity contribution is 0.00597. The Labute approximate surface area is 126 Å². The van der Waals surface area contributed by atoms with E-state index in [1.807, 2.05) is 25.1 Å². The molecule has 2 unspecified atom stereocenters. The summed E-state index contributed by atoms with van der Waals surface area (Å²) in [7, 11) is 0. The fourth-order valence-corrected chi connectivity index (χ4v) is 2.72. The third-order valence-corrected chi connectivity index (χ3v) is 3.72. The maximum Gasteiger partial charge on any atom is 0.338 e. The van der Waals surface area contributed by atoms with Crippen molar-refractivity contribution >= 4 is 11.7 Å². The van der Waals surface area contributed by atoms with Crippen LogP contribution in [-0.2, 0) is 9.47 Å². The van der Waals surface area contributed by atoms with Gasteiger partial charge in [0, 0.05) is 18.3 Å². The maximum absolute atomic E-state index is 11.8. The standard InChI is InChI=1S/C17H25NO3/c1-3-6-16-12-15(9-10-21-16)18-14-8-5-7-13(11-14)17(19)20-4-2/h5,7-8,11,15-16,18H,3-4,6,9-10,12H2,1-2H3. The topological polar surface area (TPSA) is 47.6 Å². The van der Waals surface area contributed by atoms with Crippen LogP contribution in [0.15, 0.2) is 24.3 Å². The van der Waals surface area contributed by atoms with Crippen LogP contribution in [0.25, 0.3) is 0 Å². The average molecular weight is 291 g/mol. The second-order valence-corrected chi connectivity index (χ2v) is 5.45. The number of esters is 1. The molecule has 0 aliphatic carbocycles. The molecule has 4 heteroatoms. The van der Waals surface area contributed by atoms with Gasteiger partial charge in [-0.05, 0) is 44.4 Å². The molecule has 0 bridgehead atoms. The molecule has 116 valence electrons. The summed E-state index contributed by atoms with van der Waals surface area (Å²) in [5.74, 6) is -0.267. The lowest BCUT2D eigenvalue weighted by Gasteiger charge is -2.30. The number of hydrogen-bond acceptors (Lipinski definition) is 4. The Kier molecular flexibility index (Phi) is 6.05. The van der Waals surface area contributed by atoms with Crippen LogP contribution >= 0.6 is 0 Å². The zero-order valence-corrected chi connectivity index (χ0v) is 12.9. The molecule has 1 aliphatic heterocycles. The Morgan fingerprint density at radius 2 is 2.29 bits per heavy atom. The summed E-state index contributed by atoms with van der Waals surface area (Å²) in [5.41, 5.74) is 1.57. The summed E-state index contributed by atoms with van der Waals surface area (Å²) in [6.07, 6.45) is 4.65. The molecule has 0 radical (unpaired) electrons. The van der Waals surface area contributed by atoms with Gasteiger partial charge in [-0.3, -0.25) is 0 Å². The third kappa shape index (κ3) is 4.74. The fraction of sp³-hybridized carbons (Fsp3) is 0.588. The highest BCUT2D eigenvalue weighted by Crippen LogP contribution is 2.22. The van der Waals surface area contributed by atoms with Crippen molar-refractivity contribution in [3.05, 3.63) is 29.8 Å². The maximum atomic E-state index is 11.8. The summed E-state index contributed by atoms with van der Waals surface area (Å²) in [4.78, 5) is 11.8. The number of carbonyl (C=O) groups excluding carboxylic acids is 1. The summed E-state index contributed by atoms with van der Waals surface area (Å²) in [6.45, 7) is 5.20. The normalized spacial score (nSPS) is 21.8. The van der Waals surface area contributed by atoms with Crippen molar-refractivity contribution in [2.45, 2.75) is 51.7 Å². The Balaban J connectivity index is 1.96. The van der Waals surface area contributed by atoms with Crippen molar-refractivity contribution in [3.8, 4) is 0 Å². The van der Waals surface area contributed by atoms with E-state index in [9.17, 15) is 4.79 Å². The van der Waals surface area contributed by atoms with Crippen molar-refractivity contribution in [3.63, 3.8) is 0 Å². The van der Waals surface area contributed by atoms with Crippen molar-refractivity contribution in [2.24, 2.45) is 0 Å². The van der Waals surface area contributed by atoms with Gasteiger partial charge in [-0.1, -0.05) is 19.4 Å². The van der Waals surface area contributed by atoms with Crippen molar-refractivity contribution in [1.82, 2.24) is 0 Å². The van der Waals surface area contributed by atoms with Crippen LogP contribution in [0.1, 0.15) is 49.9 Å². The van der Waals surface area contributed by atoms with Gasteiger partial charge in [0.25, 0.3) is 0 Å². The minimum Gasteiger partial charge on any atom is -0.462 e. The smallest absolute Gasteiger partial charge is 0.338 e. The molecule has 1 fully saturated rings. The van der Waals surface area contributed by atoms with Gasteiger partial charge < -0.3 is 14.8 Å². The van der Waals surface area contributed by atoms with E-state index in [1.165, 1.54) is 0 Å². The second kappa shape index (κ2) is 8.03. The van der Waals surface area contributed by atoms with Crippen LogP contribution in [0.3, 0.4) is 0 Å². The van der Waals surface area contributed by atoms with E-state index in [0.29, 0.717) is 24.3 Å². The largest absolute Gasteiger partial charge is 0.462 e. The van der Waals surface area contributed by atoms with Gasteiger partial charge in [0.2, 0.25) is 0 Å². The molecule has 0 spiro atoms. The van der Waals surface area contributed by atoms with Crippen LogP contribution in [0.5, 0.6) is 0 Å².